The van der Waals surface area contributed by atoms with Gasteiger partial charge in [-0.3, -0.25) is 4.79 Å². The predicted octanol–water partition coefficient (Wildman–Crippen LogP) is 4.65. The first kappa shape index (κ1) is 14.2. The molecule has 23 heavy (non-hydrogen) atoms. The number of carbonyl (C=O) groups excluding carboxylic acids is 1. The number of ketones is 1. The average molecular weight is 301 g/mol. The summed E-state index contributed by atoms with van der Waals surface area (Å²) in [5.41, 5.74) is 1.25. The number of benzene rings is 4. The maximum absolute atomic E-state index is 11.5. The van der Waals surface area contributed by atoms with Crippen LogP contribution in [0.15, 0.2) is 54.6 Å². The quantitative estimate of drug-likeness (QED) is 0.543. The van der Waals surface area contributed by atoms with Gasteiger partial charge in [-0.25, -0.2) is 0 Å². The van der Waals surface area contributed by atoms with E-state index in [1.54, 1.807) is 0 Å². The number of rotatable bonds is 5. The van der Waals surface area contributed by atoms with Crippen molar-refractivity contribution >= 4 is 38.1 Å². The van der Waals surface area contributed by atoms with Crippen LogP contribution in [-0.4, -0.2) is 12.3 Å². The van der Waals surface area contributed by atoms with Crippen molar-refractivity contribution in [3.05, 3.63) is 60.2 Å². The molecule has 2 nitrogen and oxygen atoms in total. The van der Waals surface area contributed by atoms with Crippen LogP contribution < -0.4 is 5.32 Å². The fourth-order valence-electron chi connectivity index (χ4n) is 3.41. The topological polar surface area (TPSA) is 29.1 Å². The van der Waals surface area contributed by atoms with Crippen LogP contribution in [0.5, 0.6) is 0 Å². The Kier molecular flexibility index (Phi) is 3.47. The van der Waals surface area contributed by atoms with Crippen molar-refractivity contribution < 1.29 is 4.79 Å². The zero-order valence-corrected chi connectivity index (χ0v) is 13.2. The third kappa shape index (κ3) is 2.36. The van der Waals surface area contributed by atoms with E-state index < -0.39 is 0 Å². The first-order valence-corrected chi connectivity index (χ1v) is 8.16. The molecule has 4 aromatic rings. The van der Waals surface area contributed by atoms with Gasteiger partial charge in [0.25, 0.3) is 0 Å². The molecular weight excluding hydrogens is 282 g/mol. The van der Waals surface area contributed by atoms with Gasteiger partial charge in [0.2, 0.25) is 0 Å². The summed E-state index contributed by atoms with van der Waals surface area (Å²) in [7, 11) is 0. The monoisotopic (exact) mass is 301 g/mol. The maximum atomic E-state index is 11.5. The van der Waals surface area contributed by atoms with Gasteiger partial charge in [-0.05, 0) is 37.9 Å². The third-order valence-corrected chi connectivity index (χ3v) is 4.65. The molecule has 2 heteroatoms. The second kappa shape index (κ2) is 5.64. The molecule has 0 saturated heterocycles. The van der Waals surface area contributed by atoms with Gasteiger partial charge in [0, 0.05) is 13.0 Å². The largest absolute Gasteiger partial charge is 0.306 e. The molecule has 0 aliphatic carbocycles. The maximum Gasteiger partial charge on any atom is 0.146 e. The Hall–Kier alpha value is -2.45. The normalized spacial score (nSPS) is 11.7. The highest BCUT2D eigenvalue weighted by molar-refractivity contribution is 6.23. The number of hydrogen-bond donors (Lipinski definition) is 1. The van der Waals surface area contributed by atoms with Crippen molar-refractivity contribution in [2.75, 3.05) is 6.54 Å². The summed E-state index contributed by atoms with van der Waals surface area (Å²) < 4.78 is 0. The van der Waals surface area contributed by atoms with Crippen molar-refractivity contribution in [2.45, 2.75) is 19.9 Å². The van der Waals surface area contributed by atoms with E-state index in [4.69, 9.17) is 0 Å². The molecule has 4 rings (SSSR count). The zero-order valence-electron chi connectivity index (χ0n) is 13.2. The Morgan fingerprint density at radius 2 is 1.52 bits per heavy atom. The summed E-state index contributed by atoms with van der Waals surface area (Å²) in [4.78, 5) is 11.5. The standard InChI is InChI=1S/C21H19NO/c1-2-18(23)13-22-12-17-9-8-16-7-6-14-4-3-5-15-10-11-19(17)21(16)20(14)15/h3-11,22H,2,12-13H2,1H3. The Labute approximate surface area is 135 Å². The summed E-state index contributed by atoms with van der Waals surface area (Å²) in [6.45, 7) is 3.07. The smallest absolute Gasteiger partial charge is 0.146 e. The molecule has 0 radical (unpaired) electrons. The summed E-state index contributed by atoms with van der Waals surface area (Å²) in [6.07, 6.45) is 0.589. The van der Waals surface area contributed by atoms with Crippen molar-refractivity contribution in [3.8, 4) is 0 Å². The fraction of sp³-hybridized carbons (Fsp3) is 0.190. The van der Waals surface area contributed by atoms with Gasteiger partial charge in [-0.1, -0.05) is 61.5 Å². The fourth-order valence-corrected chi connectivity index (χ4v) is 3.41. The lowest BCUT2D eigenvalue weighted by Gasteiger charge is -2.14. The summed E-state index contributed by atoms with van der Waals surface area (Å²) >= 11 is 0. The van der Waals surface area contributed by atoms with Crippen LogP contribution in [0.2, 0.25) is 0 Å². The van der Waals surface area contributed by atoms with E-state index in [1.807, 2.05) is 6.92 Å². The molecule has 0 spiro atoms. The van der Waals surface area contributed by atoms with Crippen LogP contribution >= 0.6 is 0 Å². The lowest BCUT2D eigenvalue weighted by molar-refractivity contribution is -0.117. The molecule has 1 N–H and O–H groups in total. The molecule has 4 aromatic carbocycles. The molecule has 0 bridgehead atoms. The molecular formula is C21H19NO. The SMILES string of the molecule is CCC(=O)CNCc1ccc2ccc3cccc4ccc1c2c34. The van der Waals surface area contributed by atoms with Crippen LogP contribution in [0.4, 0.5) is 0 Å². The molecule has 0 heterocycles. The van der Waals surface area contributed by atoms with Gasteiger partial charge >= 0.3 is 0 Å². The molecule has 114 valence electrons. The van der Waals surface area contributed by atoms with E-state index in [1.165, 1.54) is 37.9 Å². The van der Waals surface area contributed by atoms with Crippen molar-refractivity contribution in [1.82, 2.24) is 5.32 Å². The first-order valence-electron chi connectivity index (χ1n) is 8.16. The highest BCUT2D eigenvalue weighted by Gasteiger charge is 2.10. The number of carbonyl (C=O) groups is 1. The second-order valence-electron chi connectivity index (χ2n) is 6.08. The van der Waals surface area contributed by atoms with Crippen molar-refractivity contribution in [1.29, 1.82) is 0 Å². The lowest BCUT2D eigenvalue weighted by atomic mass is 9.92. The van der Waals surface area contributed by atoms with Crippen LogP contribution in [0.25, 0.3) is 32.3 Å². The highest BCUT2D eigenvalue weighted by Crippen LogP contribution is 2.35. The van der Waals surface area contributed by atoms with E-state index in [0.29, 0.717) is 13.0 Å². The highest BCUT2D eigenvalue weighted by atomic mass is 16.1. The Morgan fingerprint density at radius 1 is 0.870 bits per heavy atom. The van der Waals surface area contributed by atoms with Gasteiger partial charge in [-0.15, -0.1) is 0 Å². The third-order valence-electron chi connectivity index (χ3n) is 4.65. The molecule has 0 amide bonds. The van der Waals surface area contributed by atoms with Crippen LogP contribution in [0.1, 0.15) is 18.9 Å². The Balaban J connectivity index is 1.85. The number of nitrogens with one attached hydrogen (secondary N) is 1. The molecule has 0 atom stereocenters. The molecule has 0 saturated carbocycles. The van der Waals surface area contributed by atoms with Crippen LogP contribution in [0, 0.1) is 0 Å². The predicted molar refractivity (Wildman–Crippen MR) is 97.2 cm³/mol. The molecule has 0 aliphatic rings. The Morgan fingerprint density at radius 3 is 2.26 bits per heavy atom. The van der Waals surface area contributed by atoms with Crippen molar-refractivity contribution in [2.24, 2.45) is 0 Å². The number of Topliss-reactive ketones (excluding diaryl/α,β-unsaturated/α-hetero) is 1. The van der Waals surface area contributed by atoms with E-state index in [9.17, 15) is 4.79 Å². The van der Waals surface area contributed by atoms with E-state index >= 15 is 0 Å². The minimum atomic E-state index is 0.253. The van der Waals surface area contributed by atoms with Gasteiger partial charge < -0.3 is 5.32 Å². The number of hydrogen-bond acceptors (Lipinski definition) is 2. The van der Waals surface area contributed by atoms with Gasteiger partial charge in [0.15, 0.2) is 0 Å². The molecule has 0 aromatic heterocycles. The van der Waals surface area contributed by atoms with Gasteiger partial charge in [-0.2, -0.15) is 0 Å². The van der Waals surface area contributed by atoms with E-state index in [0.717, 1.165) is 6.54 Å². The van der Waals surface area contributed by atoms with Crippen molar-refractivity contribution in [3.63, 3.8) is 0 Å². The molecule has 0 fully saturated rings. The van der Waals surface area contributed by atoms with E-state index in [2.05, 4.69) is 59.9 Å². The molecule has 0 aliphatic heterocycles. The lowest BCUT2D eigenvalue weighted by Crippen LogP contribution is -2.21. The van der Waals surface area contributed by atoms with Gasteiger partial charge in [0.05, 0.1) is 6.54 Å². The minimum Gasteiger partial charge on any atom is -0.306 e. The van der Waals surface area contributed by atoms with Crippen LogP contribution in [-0.2, 0) is 11.3 Å². The molecule has 0 unspecified atom stereocenters. The summed E-state index contributed by atoms with van der Waals surface area (Å²) in [5, 5.41) is 11.1. The summed E-state index contributed by atoms with van der Waals surface area (Å²) in [6, 6.07) is 19.6. The minimum absolute atomic E-state index is 0.253. The summed E-state index contributed by atoms with van der Waals surface area (Å²) in [5.74, 6) is 0.253. The van der Waals surface area contributed by atoms with E-state index in [-0.39, 0.29) is 5.78 Å². The van der Waals surface area contributed by atoms with Gasteiger partial charge in [0.1, 0.15) is 5.78 Å². The average Bonchev–Trinajstić information content (AvgIpc) is 2.60. The first-order chi connectivity index (χ1) is 11.3. The second-order valence-corrected chi connectivity index (χ2v) is 6.08. The zero-order chi connectivity index (χ0) is 15.8. The Bertz CT molecular complexity index is 987. The van der Waals surface area contributed by atoms with Crippen LogP contribution in [0.3, 0.4) is 0 Å².